The lowest BCUT2D eigenvalue weighted by molar-refractivity contribution is -0.165. The monoisotopic (exact) mass is 197 g/mol. The van der Waals surface area contributed by atoms with Crippen molar-refractivity contribution in [1.29, 1.82) is 0 Å². The largest absolute Gasteiger partial charge is 0.460 e. The molecule has 14 heavy (non-hydrogen) atoms. The fraction of sp³-hybridized carbons (Fsp3) is 0.909. The molecule has 3 heterocycles. The first-order chi connectivity index (χ1) is 6.44. The summed E-state index contributed by atoms with van der Waals surface area (Å²) in [5, 5.41) is 0. The van der Waals surface area contributed by atoms with E-state index in [-0.39, 0.29) is 17.5 Å². The normalized spacial score (nSPS) is 36.1. The van der Waals surface area contributed by atoms with E-state index < -0.39 is 0 Å². The van der Waals surface area contributed by atoms with E-state index in [4.69, 9.17) is 4.74 Å². The number of rotatable bonds is 1. The highest BCUT2D eigenvalue weighted by Crippen LogP contribution is 2.32. The van der Waals surface area contributed by atoms with E-state index in [2.05, 4.69) is 4.90 Å². The van der Waals surface area contributed by atoms with Gasteiger partial charge in [-0.3, -0.25) is 4.79 Å². The molecule has 0 aromatic heterocycles. The van der Waals surface area contributed by atoms with Gasteiger partial charge in [0.2, 0.25) is 0 Å². The lowest BCUT2D eigenvalue weighted by Crippen LogP contribution is -2.56. The van der Waals surface area contributed by atoms with Crippen molar-refractivity contribution >= 4 is 5.97 Å². The maximum atomic E-state index is 11.7. The average molecular weight is 197 g/mol. The zero-order valence-corrected chi connectivity index (χ0v) is 9.25. The van der Waals surface area contributed by atoms with Crippen LogP contribution in [0.1, 0.15) is 27.2 Å². The fourth-order valence-electron chi connectivity index (χ4n) is 2.32. The molecule has 3 fully saturated rings. The highest BCUT2D eigenvalue weighted by atomic mass is 16.6. The van der Waals surface area contributed by atoms with E-state index in [0.717, 1.165) is 18.9 Å². The van der Waals surface area contributed by atoms with Crippen LogP contribution < -0.4 is 0 Å². The summed E-state index contributed by atoms with van der Waals surface area (Å²) in [5.74, 6) is 0.870. The van der Waals surface area contributed by atoms with Crippen molar-refractivity contribution in [2.45, 2.75) is 32.8 Å². The number of ether oxygens (including phenoxy) is 1. The average Bonchev–Trinajstić information content (AvgIpc) is 2.00. The summed E-state index contributed by atoms with van der Waals surface area (Å²) >= 11 is 0. The molecule has 0 N–H and O–H groups in total. The Morgan fingerprint density at radius 2 is 1.93 bits per heavy atom. The third-order valence-electron chi connectivity index (χ3n) is 2.87. The number of nitrogens with zero attached hydrogens (tertiary/aromatic N) is 1. The minimum atomic E-state index is -0.339. The van der Waals surface area contributed by atoms with Crippen molar-refractivity contribution in [3.8, 4) is 0 Å². The Morgan fingerprint density at radius 3 is 2.36 bits per heavy atom. The van der Waals surface area contributed by atoms with Gasteiger partial charge in [-0.15, -0.1) is 0 Å². The number of piperidine rings is 2. The van der Waals surface area contributed by atoms with Gasteiger partial charge in [0.1, 0.15) is 5.60 Å². The minimum Gasteiger partial charge on any atom is -0.460 e. The standard InChI is InChI=1S/C11H19NO2/c1-11(2,3)14-10(13)9-4-8-5-12(6-8)7-9/h8-9H,4-7H2,1-3H3. The smallest absolute Gasteiger partial charge is 0.310 e. The molecule has 3 nitrogen and oxygen atoms in total. The van der Waals surface area contributed by atoms with Crippen LogP contribution in [-0.2, 0) is 9.53 Å². The molecule has 0 saturated carbocycles. The molecule has 3 aliphatic heterocycles. The highest BCUT2D eigenvalue weighted by Gasteiger charge is 2.40. The van der Waals surface area contributed by atoms with Crippen molar-refractivity contribution in [1.82, 2.24) is 4.90 Å². The lowest BCUT2D eigenvalue weighted by atomic mass is 9.82. The maximum Gasteiger partial charge on any atom is 0.310 e. The molecule has 0 amide bonds. The van der Waals surface area contributed by atoms with Crippen molar-refractivity contribution in [3.05, 3.63) is 0 Å². The number of hydrogen-bond donors (Lipinski definition) is 0. The summed E-state index contributed by atoms with van der Waals surface area (Å²) in [4.78, 5) is 14.1. The first-order valence-electron chi connectivity index (χ1n) is 5.39. The van der Waals surface area contributed by atoms with Crippen LogP contribution in [0.4, 0.5) is 0 Å². The molecule has 0 radical (unpaired) electrons. The Hall–Kier alpha value is -0.570. The van der Waals surface area contributed by atoms with Gasteiger partial charge in [0.15, 0.2) is 0 Å². The molecule has 0 aromatic rings. The summed E-state index contributed by atoms with van der Waals surface area (Å²) in [6.07, 6.45) is 1.03. The van der Waals surface area contributed by atoms with Crippen LogP contribution in [0.3, 0.4) is 0 Å². The van der Waals surface area contributed by atoms with Crippen LogP contribution in [0.25, 0.3) is 0 Å². The van der Waals surface area contributed by atoms with Crippen molar-refractivity contribution < 1.29 is 9.53 Å². The second kappa shape index (κ2) is 3.23. The van der Waals surface area contributed by atoms with Gasteiger partial charge in [-0.25, -0.2) is 0 Å². The summed E-state index contributed by atoms with van der Waals surface area (Å²) in [5.41, 5.74) is -0.339. The molecular weight excluding hydrogens is 178 g/mol. The lowest BCUT2D eigenvalue weighted by Gasteiger charge is -2.47. The van der Waals surface area contributed by atoms with Crippen LogP contribution in [0.5, 0.6) is 0 Å². The quantitative estimate of drug-likeness (QED) is 0.593. The van der Waals surface area contributed by atoms with Gasteiger partial charge >= 0.3 is 5.97 Å². The Labute approximate surface area is 85.4 Å². The van der Waals surface area contributed by atoms with E-state index in [9.17, 15) is 4.79 Å². The Balaban J connectivity index is 1.86. The van der Waals surface area contributed by atoms with Crippen LogP contribution in [0.15, 0.2) is 0 Å². The molecule has 0 spiro atoms. The van der Waals surface area contributed by atoms with E-state index in [1.54, 1.807) is 0 Å². The topological polar surface area (TPSA) is 29.5 Å². The van der Waals surface area contributed by atoms with E-state index in [1.807, 2.05) is 20.8 Å². The number of esters is 1. The van der Waals surface area contributed by atoms with E-state index >= 15 is 0 Å². The van der Waals surface area contributed by atoms with Crippen LogP contribution in [0, 0.1) is 11.8 Å². The van der Waals surface area contributed by atoms with Gasteiger partial charge in [-0.2, -0.15) is 0 Å². The molecule has 2 bridgehead atoms. The van der Waals surface area contributed by atoms with Gasteiger partial charge in [-0.1, -0.05) is 0 Å². The van der Waals surface area contributed by atoms with E-state index in [0.29, 0.717) is 0 Å². The summed E-state index contributed by atoms with van der Waals surface area (Å²) in [6, 6.07) is 0. The van der Waals surface area contributed by atoms with Gasteiger partial charge in [0, 0.05) is 19.6 Å². The molecule has 3 heteroatoms. The Morgan fingerprint density at radius 1 is 1.29 bits per heavy atom. The Bertz CT molecular complexity index is 228. The van der Waals surface area contributed by atoms with Gasteiger partial charge < -0.3 is 9.64 Å². The Kier molecular flexibility index (Phi) is 2.30. The van der Waals surface area contributed by atoms with Crippen LogP contribution in [-0.4, -0.2) is 36.1 Å². The molecule has 0 aromatic carbocycles. The van der Waals surface area contributed by atoms with Gasteiger partial charge in [-0.05, 0) is 33.1 Å². The summed E-state index contributed by atoms with van der Waals surface area (Å²) in [6.45, 7) is 9.07. The molecule has 3 aliphatic rings. The van der Waals surface area contributed by atoms with Crippen molar-refractivity contribution in [3.63, 3.8) is 0 Å². The third kappa shape index (κ3) is 2.08. The fourth-order valence-corrected chi connectivity index (χ4v) is 2.32. The predicted molar refractivity (Wildman–Crippen MR) is 53.9 cm³/mol. The van der Waals surface area contributed by atoms with Crippen molar-refractivity contribution in [2.75, 3.05) is 19.6 Å². The van der Waals surface area contributed by atoms with Crippen LogP contribution >= 0.6 is 0 Å². The third-order valence-corrected chi connectivity index (χ3v) is 2.87. The zero-order valence-electron chi connectivity index (χ0n) is 9.25. The number of hydrogen-bond acceptors (Lipinski definition) is 3. The number of carbonyl (C=O) groups is 1. The zero-order chi connectivity index (χ0) is 10.3. The second-order valence-corrected chi connectivity index (χ2v) is 5.55. The SMILES string of the molecule is CC(C)(C)OC(=O)C1CC2CN(C2)C1. The number of carbonyl (C=O) groups excluding carboxylic acids is 1. The number of fused-ring (bicyclic) bond motifs is 2. The first kappa shape index (κ1) is 9.97. The second-order valence-electron chi connectivity index (χ2n) is 5.55. The molecule has 0 aliphatic carbocycles. The van der Waals surface area contributed by atoms with Crippen LogP contribution in [0.2, 0.25) is 0 Å². The van der Waals surface area contributed by atoms with E-state index in [1.165, 1.54) is 13.1 Å². The predicted octanol–water partition coefficient (Wildman–Crippen LogP) is 1.28. The molecule has 80 valence electrons. The first-order valence-corrected chi connectivity index (χ1v) is 5.39. The molecule has 3 rings (SSSR count). The van der Waals surface area contributed by atoms with Gasteiger partial charge in [0.05, 0.1) is 5.92 Å². The maximum absolute atomic E-state index is 11.7. The van der Waals surface area contributed by atoms with Gasteiger partial charge in [0.25, 0.3) is 0 Å². The molecule has 1 atom stereocenters. The minimum absolute atomic E-state index is 0.00750. The summed E-state index contributed by atoms with van der Waals surface area (Å²) in [7, 11) is 0. The highest BCUT2D eigenvalue weighted by molar-refractivity contribution is 5.73. The molecular formula is C11H19NO2. The van der Waals surface area contributed by atoms with Crippen molar-refractivity contribution in [2.24, 2.45) is 11.8 Å². The molecule has 3 saturated heterocycles. The summed E-state index contributed by atoms with van der Waals surface area (Å²) < 4.78 is 5.38. The molecule has 1 unspecified atom stereocenters.